The second kappa shape index (κ2) is 4.39. The van der Waals surface area contributed by atoms with Gasteiger partial charge in [-0.3, -0.25) is 0 Å². The van der Waals surface area contributed by atoms with Crippen LogP contribution in [0.5, 0.6) is 0 Å². The molecule has 3 aromatic carbocycles. The molecule has 0 radical (unpaired) electrons. The number of benzene rings is 3. The van der Waals surface area contributed by atoms with Crippen LogP contribution in [0.3, 0.4) is 0 Å². The molecule has 0 bridgehead atoms. The van der Waals surface area contributed by atoms with E-state index in [1.165, 1.54) is 43.6 Å². The van der Waals surface area contributed by atoms with Gasteiger partial charge in [0.15, 0.2) is 0 Å². The van der Waals surface area contributed by atoms with E-state index < -0.39 is 0 Å². The Morgan fingerprint density at radius 3 is 1.91 bits per heavy atom. The zero-order chi connectivity index (χ0) is 15.6. The van der Waals surface area contributed by atoms with Gasteiger partial charge < -0.3 is 9.13 Å². The minimum absolute atomic E-state index is 0.977. The first-order valence-electron chi connectivity index (χ1n) is 8.18. The summed E-state index contributed by atoms with van der Waals surface area (Å²) >= 11 is 0. The van der Waals surface area contributed by atoms with Gasteiger partial charge >= 0.3 is 0 Å². The van der Waals surface area contributed by atoms with Gasteiger partial charge in [-0.1, -0.05) is 48.5 Å². The lowest BCUT2D eigenvalue weighted by molar-refractivity contribution is 0.826. The highest BCUT2D eigenvalue weighted by Gasteiger charge is 2.16. The molecule has 0 saturated heterocycles. The van der Waals surface area contributed by atoms with Crippen LogP contribution >= 0.6 is 0 Å². The summed E-state index contributed by atoms with van der Waals surface area (Å²) in [5.41, 5.74) is 5.30. The van der Waals surface area contributed by atoms with Crippen molar-refractivity contribution in [3.05, 3.63) is 60.7 Å². The van der Waals surface area contributed by atoms with Crippen LogP contribution in [0, 0.1) is 0 Å². The van der Waals surface area contributed by atoms with E-state index in [1.54, 1.807) is 0 Å². The maximum Gasteiger partial charge on any atom is 0.0738 e. The summed E-state index contributed by atoms with van der Waals surface area (Å²) in [5, 5.41) is 5.37. The first-order valence-corrected chi connectivity index (χ1v) is 8.18. The number of aryl methyl sites for hydroxylation is 2. The van der Waals surface area contributed by atoms with Gasteiger partial charge in [0.2, 0.25) is 0 Å². The van der Waals surface area contributed by atoms with Crippen LogP contribution in [0.4, 0.5) is 0 Å². The predicted octanol–water partition coefficient (Wildman–Crippen LogP) is 5.46. The van der Waals surface area contributed by atoms with Gasteiger partial charge in [-0.2, -0.15) is 0 Å². The Morgan fingerprint density at radius 2 is 1.22 bits per heavy atom. The highest BCUT2D eigenvalue weighted by atomic mass is 15.0. The van der Waals surface area contributed by atoms with Gasteiger partial charge in [0, 0.05) is 46.2 Å². The van der Waals surface area contributed by atoms with Gasteiger partial charge in [0.05, 0.1) is 11.0 Å². The Kier molecular flexibility index (Phi) is 2.44. The van der Waals surface area contributed by atoms with Crippen molar-refractivity contribution >= 4 is 43.6 Å². The molecule has 0 unspecified atom stereocenters. The zero-order valence-electron chi connectivity index (χ0n) is 13.4. The molecule has 0 fully saturated rings. The molecule has 0 amide bonds. The first kappa shape index (κ1) is 12.8. The van der Waals surface area contributed by atoms with Crippen LogP contribution < -0.4 is 0 Å². The number of para-hydroxylation sites is 2. The molecule has 0 spiro atoms. The standard InChI is InChI=1S/C21H18N2/c1-3-23-19-11-7-5-9-15(19)17-13-12-16-14-8-4-6-10-18(14)22(2)20(16)21(17)23/h4-13H,3H2,1-2H3. The molecular formula is C21H18N2. The van der Waals surface area contributed by atoms with E-state index >= 15 is 0 Å². The summed E-state index contributed by atoms with van der Waals surface area (Å²) in [6, 6.07) is 22.0. The molecule has 0 aliphatic heterocycles. The molecule has 2 aromatic heterocycles. The number of nitrogens with zero attached hydrogens (tertiary/aromatic N) is 2. The third-order valence-corrected chi connectivity index (χ3v) is 5.11. The number of aromatic nitrogens is 2. The average Bonchev–Trinajstić information content (AvgIpc) is 3.08. The molecule has 5 rings (SSSR count). The van der Waals surface area contributed by atoms with Crippen molar-refractivity contribution in [3.63, 3.8) is 0 Å². The van der Waals surface area contributed by atoms with Crippen LogP contribution in [0.1, 0.15) is 6.92 Å². The van der Waals surface area contributed by atoms with Gasteiger partial charge in [-0.15, -0.1) is 0 Å². The lowest BCUT2D eigenvalue weighted by Crippen LogP contribution is -1.96. The minimum atomic E-state index is 0.977. The van der Waals surface area contributed by atoms with Gasteiger partial charge in [-0.25, -0.2) is 0 Å². The number of rotatable bonds is 1. The Labute approximate surface area is 134 Å². The smallest absolute Gasteiger partial charge is 0.0738 e. The van der Waals surface area contributed by atoms with Crippen LogP contribution in [0.15, 0.2) is 60.7 Å². The summed E-state index contributed by atoms with van der Waals surface area (Å²) in [7, 11) is 2.18. The van der Waals surface area contributed by atoms with Crippen LogP contribution in [-0.4, -0.2) is 9.13 Å². The lowest BCUT2D eigenvalue weighted by Gasteiger charge is -2.06. The summed E-state index contributed by atoms with van der Waals surface area (Å²) < 4.78 is 4.80. The molecule has 2 nitrogen and oxygen atoms in total. The average molecular weight is 298 g/mol. The van der Waals surface area contributed by atoms with Crippen LogP contribution in [0.25, 0.3) is 43.6 Å². The Bertz CT molecular complexity index is 1200. The van der Waals surface area contributed by atoms with E-state index in [-0.39, 0.29) is 0 Å². The van der Waals surface area contributed by atoms with Crippen molar-refractivity contribution in [2.24, 2.45) is 7.05 Å². The highest BCUT2D eigenvalue weighted by Crippen LogP contribution is 2.37. The fraction of sp³-hybridized carbons (Fsp3) is 0.143. The van der Waals surface area contributed by atoms with E-state index in [0.29, 0.717) is 0 Å². The monoisotopic (exact) mass is 298 g/mol. The second-order valence-electron chi connectivity index (χ2n) is 6.20. The molecule has 112 valence electrons. The number of hydrogen-bond donors (Lipinski definition) is 0. The predicted molar refractivity (Wildman–Crippen MR) is 99.1 cm³/mol. The quantitative estimate of drug-likeness (QED) is 0.389. The van der Waals surface area contributed by atoms with E-state index in [0.717, 1.165) is 6.54 Å². The Morgan fingerprint density at radius 1 is 0.652 bits per heavy atom. The molecule has 0 N–H and O–H groups in total. The summed E-state index contributed by atoms with van der Waals surface area (Å²) in [6.07, 6.45) is 0. The Balaban J connectivity index is 2.16. The fourth-order valence-corrected chi connectivity index (χ4v) is 4.13. The normalized spacial score (nSPS) is 12.1. The maximum absolute atomic E-state index is 2.45. The summed E-state index contributed by atoms with van der Waals surface area (Å²) in [6.45, 7) is 3.21. The van der Waals surface area contributed by atoms with Crippen molar-refractivity contribution in [1.82, 2.24) is 9.13 Å². The number of hydrogen-bond acceptors (Lipinski definition) is 0. The molecule has 2 heterocycles. The molecule has 0 aliphatic carbocycles. The summed E-state index contributed by atoms with van der Waals surface area (Å²) in [5.74, 6) is 0. The first-order chi connectivity index (χ1) is 11.3. The third kappa shape index (κ3) is 1.48. The van der Waals surface area contributed by atoms with Crippen molar-refractivity contribution in [2.45, 2.75) is 13.5 Å². The number of fused-ring (bicyclic) bond motifs is 7. The highest BCUT2D eigenvalue weighted by molar-refractivity contribution is 6.22. The van der Waals surface area contributed by atoms with Crippen molar-refractivity contribution < 1.29 is 0 Å². The molecule has 2 heteroatoms. The molecule has 23 heavy (non-hydrogen) atoms. The van der Waals surface area contributed by atoms with E-state index in [4.69, 9.17) is 0 Å². The lowest BCUT2D eigenvalue weighted by atomic mass is 10.1. The van der Waals surface area contributed by atoms with Crippen LogP contribution in [-0.2, 0) is 13.6 Å². The van der Waals surface area contributed by atoms with Crippen molar-refractivity contribution in [2.75, 3.05) is 0 Å². The van der Waals surface area contributed by atoms with E-state index in [9.17, 15) is 0 Å². The van der Waals surface area contributed by atoms with Crippen molar-refractivity contribution in [3.8, 4) is 0 Å². The van der Waals surface area contributed by atoms with Crippen molar-refractivity contribution in [1.29, 1.82) is 0 Å². The van der Waals surface area contributed by atoms with Gasteiger partial charge in [0.1, 0.15) is 0 Å². The summed E-state index contributed by atoms with van der Waals surface area (Å²) in [4.78, 5) is 0. The van der Waals surface area contributed by atoms with E-state index in [2.05, 4.69) is 83.8 Å². The largest absolute Gasteiger partial charge is 0.342 e. The third-order valence-electron chi connectivity index (χ3n) is 5.11. The zero-order valence-corrected chi connectivity index (χ0v) is 13.4. The molecular weight excluding hydrogens is 280 g/mol. The second-order valence-corrected chi connectivity index (χ2v) is 6.20. The maximum atomic E-state index is 2.45. The Hall–Kier alpha value is -2.74. The fourth-order valence-electron chi connectivity index (χ4n) is 4.13. The van der Waals surface area contributed by atoms with Gasteiger partial charge in [-0.05, 0) is 19.1 Å². The minimum Gasteiger partial charge on any atom is -0.342 e. The SMILES string of the molecule is CCn1c2ccccc2c2ccc3c4ccccc4n(C)c3c21. The molecule has 0 aliphatic rings. The van der Waals surface area contributed by atoms with E-state index in [1.807, 2.05) is 0 Å². The topological polar surface area (TPSA) is 9.86 Å². The molecule has 0 saturated carbocycles. The van der Waals surface area contributed by atoms with Crippen LogP contribution in [0.2, 0.25) is 0 Å². The molecule has 5 aromatic rings. The van der Waals surface area contributed by atoms with Gasteiger partial charge in [0.25, 0.3) is 0 Å². The molecule has 0 atom stereocenters.